The van der Waals surface area contributed by atoms with Crippen molar-refractivity contribution in [3.05, 3.63) is 35.4 Å². The lowest BCUT2D eigenvalue weighted by molar-refractivity contribution is 0.309. The van der Waals surface area contributed by atoms with E-state index in [0.717, 1.165) is 34.7 Å². The number of fused-ring (bicyclic) bond motifs is 1. The van der Waals surface area contributed by atoms with Crippen molar-refractivity contribution >= 4 is 38.3 Å². The quantitative estimate of drug-likeness (QED) is 0.485. The van der Waals surface area contributed by atoms with Crippen LogP contribution in [0.3, 0.4) is 0 Å². The number of ether oxygens (including phenoxy) is 2. The summed E-state index contributed by atoms with van der Waals surface area (Å²) in [4.78, 5) is 0. The van der Waals surface area contributed by atoms with Crippen molar-refractivity contribution in [3.8, 4) is 11.5 Å². The van der Waals surface area contributed by atoms with Gasteiger partial charge >= 0.3 is 0 Å². The van der Waals surface area contributed by atoms with Crippen LogP contribution in [0.2, 0.25) is 5.02 Å². The predicted molar refractivity (Wildman–Crippen MR) is 88.7 cm³/mol. The maximum absolute atomic E-state index is 6.26. The highest BCUT2D eigenvalue weighted by Gasteiger charge is 2.11. The zero-order valence-corrected chi connectivity index (χ0v) is 13.8. The van der Waals surface area contributed by atoms with Gasteiger partial charge < -0.3 is 9.47 Å². The smallest absolute Gasteiger partial charge is 0.145 e. The molecule has 108 valence electrons. The first kappa shape index (κ1) is 15.5. The van der Waals surface area contributed by atoms with E-state index in [2.05, 4.69) is 15.9 Å². The first-order chi connectivity index (χ1) is 9.77. The molecular formula is C16H18BrClO2. The molecule has 0 fully saturated rings. The highest BCUT2D eigenvalue weighted by molar-refractivity contribution is 9.09. The molecule has 2 nitrogen and oxygen atoms in total. The van der Waals surface area contributed by atoms with Crippen LogP contribution in [0.25, 0.3) is 10.8 Å². The number of rotatable bonds is 7. The van der Waals surface area contributed by atoms with E-state index >= 15 is 0 Å². The molecule has 2 aromatic rings. The molecule has 0 N–H and O–H groups in total. The van der Waals surface area contributed by atoms with Crippen LogP contribution < -0.4 is 9.47 Å². The second-order valence-corrected chi connectivity index (χ2v) is 5.73. The topological polar surface area (TPSA) is 18.5 Å². The van der Waals surface area contributed by atoms with Gasteiger partial charge in [0.05, 0.1) is 18.7 Å². The molecule has 0 radical (unpaired) electrons. The Morgan fingerprint density at radius 2 is 1.85 bits per heavy atom. The Hall–Kier alpha value is -0.930. The molecule has 0 aliphatic carbocycles. The number of alkyl halides is 1. The molecule has 0 heterocycles. The minimum absolute atomic E-state index is 0.585. The summed E-state index contributed by atoms with van der Waals surface area (Å²) in [6.07, 6.45) is 3.38. The van der Waals surface area contributed by atoms with Gasteiger partial charge in [0.25, 0.3) is 0 Å². The highest BCUT2D eigenvalue weighted by Crippen LogP contribution is 2.39. The van der Waals surface area contributed by atoms with Crippen molar-refractivity contribution < 1.29 is 9.47 Å². The van der Waals surface area contributed by atoms with Gasteiger partial charge in [-0.3, -0.25) is 0 Å². The number of hydrogen-bond donors (Lipinski definition) is 0. The third-order valence-electron chi connectivity index (χ3n) is 3.15. The predicted octanol–water partition coefficient (Wildman–Crippen LogP) is 5.45. The van der Waals surface area contributed by atoms with Crippen LogP contribution in [0.4, 0.5) is 0 Å². The Kier molecular flexibility index (Phi) is 5.99. The molecule has 0 saturated carbocycles. The third kappa shape index (κ3) is 3.58. The summed E-state index contributed by atoms with van der Waals surface area (Å²) < 4.78 is 11.3. The fourth-order valence-corrected chi connectivity index (χ4v) is 2.84. The zero-order chi connectivity index (χ0) is 14.4. The van der Waals surface area contributed by atoms with Crippen molar-refractivity contribution in [1.82, 2.24) is 0 Å². The van der Waals surface area contributed by atoms with Crippen molar-refractivity contribution in [2.75, 3.05) is 19.0 Å². The normalized spacial score (nSPS) is 10.8. The molecular weight excluding hydrogens is 340 g/mol. The summed E-state index contributed by atoms with van der Waals surface area (Å²) in [5, 5.41) is 3.65. The lowest BCUT2D eigenvalue weighted by atomic mass is 10.1. The summed E-state index contributed by atoms with van der Waals surface area (Å²) in [5.74, 6) is 1.53. The first-order valence-corrected chi connectivity index (χ1v) is 8.22. The molecule has 4 heteroatoms. The standard InChI is InChI=1S/C16H18BrClO2/c1-19-16-13-8-4-3-7-12(13)15(11-14(16)18)20-10-6-2-5-9-17/h3-4,7-8,11H,2,5-6,9-10H2,1H3. The number of halogens is 2. The van der Waals surface area contributed by atoms with Crippen molar-refractivity contribution in [2.45, 2.75) is 19.3 Å². The molecule has 0 saturated heterocycles. The molecule has 0 aromatic heterocycles. The second kappa shape index (κ2) is 7.75. The summed E-state index contributed by atoms with van der Waals surface area (Å²) in [7, 11) is 1.63. The van der Waals surface area contributed by atoms with Crippen LogP contribution in [0, 0.1) is 0 Å². The first-order valence-electron chi connectivity index (χ1n) is 6.72. The van der Waals surface area contributed by atoms with Gasteiger partial charge in [-0.05, 0) is 19.3 Å². The minimum atomic E-state index is 0.585. The number of hydrogen-bond acceptors (Lipinski definition) is 2. The molecule has 0 bridgehead atoms. The van der Waals surface area contributed by atoms with Gasteiger partial charge in [0.2, 0.25) is 0 Å². The van der Waals surface area contributed by atoms with Crippen LogP contribution in [-0.4, -0.2) is 19.0 Å². The van der Waals surface area contributed by atoms with E-state index in [9.17, 15) is 0 Å². The Balaban J connectivity index is 2.21. The molecule has 0 unspecified atom stereocenters. The molecule has 0 atom stereocenters. The largest absolute Gasteiger partial charge is 0.495 e. The second-order valence-electron chi connectivity index (χ2n) is 4.53. The molecule has 0 spiro atoms. The summed E-state index contributed by atoms with van der Waals surface area (Å²) in [6, 6.07) is 9.83. The van der Waals surface area contributed by atoms with Gasteiger partial charge in [0.15, 0.2) is 0 Å². The summed E-state index contributed by atoms with van der Waals surface area (Å²) in [5.41, 5.74) is 0. The molecule has 2 rings (SSSR count). The van der Waals surface area contributed by atoms with Gasteiger partial charge in [-0.2, -0.15) is 0 Å². The van der Waals surface area contributed by atoms with E-state index in [4.69, 9.17) is 21.1 Å². The lowest BCUT2D eigenvalue weighted by Gasteiger charge is -2.13. The fourth-order valence-electron chi connectivity index (χ4n) is 2.17. The van der Waals surface area contributed by atoms with Crippen LogP contribution in [0.1, 0.15) is 19.3 Å². The molecule has 20 heavy (non-hydrogen) atoms. The maximum Gasteiger partial charge on any atom is 0.145 e. The van der Waals surface area contributed by atoms with Gasteiger partial charge in [-0.25, -0.2) is 0 Å². The van der Waals surface area contributed by atoms with Gasteiger partial charge in [0.1, 0.15) is 11.5 Å². The fraction of sp³-hybridized carbons (Fsp3) is 0.375. The Morgan fingerprint density at radius 1 is 1.10 bits per heavy atom. The van der Waals surface area contributed by atoms with Crippen molar-refractivity contribution in [1.29, 1.82) is 0 Å². The van der Waals surface area contributed by atoms with Crippen molar-refractivity contribution in [3.63, 3.8) is 0 Å². The van der Waals surface area contributed by atoms with E-state index in [1.54, 1.807) is 7.11 Å². The van der Waals surface area contributed by atoms with Crippen molar-refractivity contribution in [2.24, 2.45) is 0 Å². The van der Waals surface area contributed by atoms with E-state index in [1.807, 2.05) is 30.3 Å². The number of methoxy groups -OCH3 is 1. The van der Waals surface area contributed by atoms with E-state index in [1.165, 1.54) is 6.42 Å². The number of benzene rings is 2. The third-order valence-corrected chi connectivity index (χ3v) is 3.99. The van der Waals surface area contributed by atoms with Crippen LogP contribution >= 0.6 is 27.5 Å². The van der Waals surface area contributed by atoms with Gasteiger partial charge in [0, 0.05) is 22.2 Å². The molecule has 2 aromatic carbocycles. The minimum Gasteiger partial charge on any atom is -0.495 e. The Morgan fingerprint density at radius 3 is 2.55 bits per heavy atom. The van der Waals surface area contributed by atoms with Gasteiger partial charge in [-0.1, -0.05) is 51.8 Å². The van der Waals surface area contributed by atoms with Crippen LogP contribution in [0.15, 0.2) is 30.3 Å². The van der Waals surface area contributed by atoms with E-state index in [-0.39, 0.29) is 0 Å². The highest BCUT2D eigenvalue weighted by atomic mass is 79.9. The van der Waals surface area contributed by atoms with Crippen LogP contribution in [-0.2, 0) is 0 Å². The molecule has 0 aliphatic rings. The lowest BCUT2D eigenvalue weighted by Crippen LogP contribution is -1.99. The molecule has 0 aliphatic heterocycles. The SMILES string of the molecule is COc1c(Cl)cc(OCCCCCBr)c2ccccc12. The Bertz CT molecular complexity index is 572. The zero-order valence-electron chi connectivity index (χ0n) is 11.5. The van der Waals surface area contributed by atoms with Crippen LogP contribution in [0.5, 0.6) is 11.5 Å². The van der Waals surface area contributed by atoms with Gasteiger partial charge in [-0.15, -0.1) is 0 Å². The van der Waals surface area contributed by atoms with E-state index < -0.39 is 0 Å². The Labute approximate surface area is 133 Å². The van der Waals surface area contributed by atoms with E-state index in [0.29, 0.717) is 17.4 Å². The average Bonchev–Trinajstić information content (AvgIpc) is 2.47. The summed E-state index contributed by atoms with van der Waals surface area (Å²) >= 11 is 9.69. The molecule has 0 amide bonds. The maximum atomic E-state index is 6.26. The monoisotopic (exact) mass is 356 g/mol. The summed E-state index contributed by atoms with van der Waals surface area (Å²) in [6.45, 7) is 0.708. The number of unbranched alkanes of at least 4 members (excludes halogenated alkanes) is 2. The average molecular weight is 358 g/mol.